The Labute approximate surface area is 193 Å². The van der Waals surface area contributed by atoms with Crippen molar-refractivity contribution >= 4 is 44.9 Å². The van der Waals surface area contributed by atoms with Crippen molar-refractivity contribution in [3.8, 4) is 5.69 Å². The molecule has 2 aromatic carbocycles. The van der Waals surface area contributed by atoms with E-state index in [0.29, 0.717) is 26.6 Å². The van der Waals surface area contributed by atoms with Crippen molar-refractivity contribution in [3.05, 3.63) is 80.2 Å². The fourth-order valence-electron chi connectivity index (χ4n) is 3.75. The lowest BCUT2D eigenvalue weighted by atomic mass is 10.1. The van der Waals surface area contributed by atoms with Crippen LogP contribution in [0.1, 0.15) is 22.3 Å². The second kappa shape index (κ2) is 8.88. The van der Waals surface area contributed by atoms with Crippen LogP contribution in [0.25, 0.3) is 15.9 Å². The van der Waals surface area contributed by atoms with Crippen LogP contribution in [0, 0.1) is 33.5 Å². The molecule has 0 saturated heterocycles. The van der Waals surface area contributed by atoms with Gasteiger partial charge in [-0.2, -0.15) is 0 Å². The first-order valence-electron chi connectivity index (χ1n) is 10.0. The van der Waals surface area contributed by atoms with Crippen LogP contribution in [0.5, 0.6) is 0 Å². The Hall–Kier alpha value is -2.97. The van der Waals surface area contributed by atoms with Gasteiger partial charge in [-0.3, -0.25) is 14.2 Å². The number of fused-ring (bicyclic) bond motifs is 1. The van der Waals surface area contributed by atoms with Gasteiger partial charge in [0.25, 0.3) is 5.56 Å². The van der Waals surface area contributed by atoms with Gasteiger partial charge in [-0.1, -0.05) is 29.5 Å². The zero-order valence-corrected chi connectivity index (χ0v) is 19.8. The van der Waals surface area contributed by atoms with E-state index in [4.69, 9.17) is 0 Å². The van der Waals surface area contributed by atoms with Gasteiger partial charge in [0.1, 0.15) is 10.5 Å². The Morgan fingerprint density at radius 1 is 1.09 bits per heavy atom. The number of amides is 1. The molecule has 0 atom stereocenters. The van der Waals surface area contributed by atoms with Crippen molar-refractivity contribution < 1.29 is 9.18 Å². The molecule has 0 aliphatic carbocycles. The van der Waals surface area contributed by atoms with Crippen LogP contribution in [-0.4, -0.2) is 21.2 Å². The lowest BCUT2D eigenvalue weighted by Gasteiger charge is -2.15. The van der Waals surface area contributed by atoms with Crippen LogP contribution in [0.3, 0.4) is 0 Å². The first-order chi connectivity index (χ1) is 15.2. The van der Waals surface area contributed by atoms with Gasteiger partial charge in [0.2, 0.25) is 5.91 Å². The van der Waals surface area contributed by atoms with Crippen LogP contribution in [0.15, 0.2) is 51.7 Å². The monoisotopic (exact) mass is 467 g/mol. The molecule has 0 aliphatic rings. The number of rotatable bonds is 5. The standard InChI is InChI=1S/C24H22FN3O2S2/c1-13-9-15(3)21(16(4)10-13)27-20(29)12-32-24-26-18-7-8-31-22(18)23(30)28(24)19-6-5-17(25)11-14(19)2/h5-11H,12H2,1-4H3,(H,27,29). The topological polar surface area (TPSA) is 64.0 Å². The zero-order chi connectivity index (χ0) is 23.0. The van der Waals surface area contributed by atoms with Crippen molar-refractivity contribution in [2.75, 3.05) is 11.1 Å². The average molecular weight is 468 g/mol. The van der Waals surface area contributed by atoms with E-state index in [-0.39, 0.29) is 23.0 Å². The number of nitrogens with one attached hydrogen (secondary N) is 1. The number of benzene rings is 2. The summed E-state index contributed by atoms with van der Waals surface area (Å²) in [6.07, 6.45) is 0. The number of aryl methyl sites for hydroxylation is 4. The Morgan fingerprint density at radius 2 is 1.81 bits per heavy atom. The first kappa shape index (κ1) is 22.2. The van der Waals surface area contributed by atoms with Gasteiger partial charge in [0, 0.05) is 5.69 Å². The van der Waals surface area contributed by atoms with Crippen LogP contribution in [0.2, 0.25) is 0 Å². The van der Waals surface area contributed by atoms with Gasteiger partial charge in [0.15, 0.2) is 5.16 Å². The van der Waals surface area contributed by atoms with E-state index in [0.717, 1.165) is 22.4 Å². The SMILES string of the molecule is Cc1cc(C)c(NC(=O)CSc2nc3ccsc3c(=O)n2-c2ccc(F)cc2C)c(C)c1. The van der Waals surface area contributed by atoms with Crippen LogP contribution in [-0.2, 0) is 4.79 Å². The van der Waals surface area contributed by atoms with E-state index in [9.17, 15) is 14.0 Å². The molecule has 0 unspecified atom stereocenters. The number of hydrogen-bond acceptors (Lipinski definition) is 5. The van der Waals surface area contributed by atoms with Crippen molar-refractivity contribution in [2.24, 2.45) is 0 Å². The summed E-state index contributed by atoms with van der Waals surface area (Å²) in [5, 5.41) is 5.18. The maximum atomic E-state index is 13.7. The molecule has 0 aliphatic heterocycles. The quantitative estimate of drug-likeness (QED) is 0.309. The smallest absolute Gasteiger partial charge is 0.276 e. The lowest BCUT2D eigenvalue weighted by molar-refractivity contribution is -0.113. The molecule has 1 amide bonds. The summed E-state index contributed by atoms with van der Waals surface area (Å²) in [6.45, 7) is 7.69. The molecule has 0 radical (unpaired) electrons. The van der Waals surface area contributed by atoms with E-state index < -0.39 is 0 Å². The third-order valence-electron chi connectivity index (χ3n) is 5.12. The first-order valence-corrected chi connectivity index (χ1v) is 11.9. The van der Waals surface area contributed by atoms with E-state index in [1.807, 2.05) is 38.3 Å². The van der Waals surface area contributed by atoms with E-state index >= 15 is 0 Å². The molecule has 2 heterocycles. The maximum Gasteiger partial charge on any atom is 0.276 e. The third-order valence-corrected chi connectivity index (χ3v) is 6.95. The summed E-state index contributed by atoms with van der Waals surface area (Å²) in [7, 11) is 0. The molecule has 1 N–H and O–H groups in total. The van der Waals surface area contributed by atoms with Gasteiger partial charge in [-0.15, -0.1) is 11.3 Å². The molecule has 32 heavy (non-hydrogen) atoms. The normalized spacial score (nSPS) is 11.2. The Morgan fingerprint density at radius 3 is 2.50 bits per heavy atom. The molecule has 0 bridgehead atoms. The molecule has 4 aromatic rings. The van der Waals surface area contributed by atoms with Gasteiger partial charge in [0.05, 0.1) is 17.0 Å². The zero-order valence-electron chi connectivity index (χ0n) is 18.2. The maximum absolute atomic E-state index is 13.7. The molecule has 5 nitrogen and oxygen atoms in total. The summed E-state index contributed by atoms with van der Waals surface area (Å²) in [5.74, 6) is -0.483. The number of carbonyl (C=O) groups excluding carboxylic acids is 1. The highest BCUT2D eigenvalue weighted by molar-refractivity contribution is 7.99. The van der Waals surface area contributed by atoms with E-state index in [1.165, 1.54) is 39.8 Å². The van der Waals surface area contributed by atoms with Gasteiger partial charge in [-0.05, 0) is 74.0 Å². The molecule has 8 heteroatoms. The highest BCUT2D eigenvalue weighted by Gasteiger charge is 2.18. The Bertz CT molecular complexity index is 1390. The number of nitrogens with zero attached hydrogens (tertiary/aromatic N) is 2. The second-order valence-corrected chi connectivity index (χ2v) is 9.57. The predicted octanol–water partition coefficient (Wildman–Crippen LogP) is 5.55. The van der Waals surface area contributed by atoms with Crippen molar-refractivity contribution in [2.45, 2.75) is 32.9 Å². The van der Waals surface area contributed by atoms with E-state index in [2.05, 4.69) is 10.3 Å². The van der Waals surface area contributed by atoms with Gasteiger partial charge >= 0.3 is 0 Å². The average Bonchev–Trinajstić information content (AvgIpc) is 3.19. The van der Waals surface area contributed by atoms with Gasteiger partial charge in [-0.25, -0.2) is 9.37 Å². The Kier molecular flexibility index (Phi) is 6.17. The third kappa shape index (κ3) is 4.33. The van der Waals surface area contributed by atoms with Crippen LogP contribution < -0.4 is 10.9 Å². The molecular weight excluding hydrogens is 445 g/mol. The largest absolute Gasteiger partial charge is 0.325 e. The van der Waals surface area contributed by atoms with Gasteiger partial charge < -0.3 is 5.32 Å². The van der Waals surface area contributed by atoms with Crippen LogP contribution >= 0.6 is 23.1 Å². The summed E-state index contributed by atoms with van der Waals surface area (Å²) in [4.78, 5) is 30.6. The van der Waals surface area contributed by atoms with Crippen LogP contribution in [0.4, 0.5) is 10.1 Å². The molecule has 0 fully saturated rings. The summed E-state index contributed by atoms with van der Waals surface area (Å²) in [5.41, 5.74) is 5.45. The predicted molar refractivity (Wildman–Crippen MR) is 130 cm³/mol. The summed E-state index contributed by atoms with van der Waals surface area (Å²) in [6, 6.07) is 10.1. The number of aromatic nitrogens is 2. The number of thioether (sulfide) groups is 1. The number of thiophene rings is 1. The molecule has 4 rings (SSSR count). The highest BCUT2D eigenvalue weighted by Crippen LogP contribution is 2.26. The number of hydrogen-bond donors (Lipinski definition) is 1. The van der Waals surface area contributed by atoms with Crippen molar-refractivity contribution in [3.63, 3.8) is 0 Å². The Balaban J connectivity index is 1.67. The van der Waals surface area contributed by atoms with Crippen molar-refractivity contribution in [1.29, 1.82) is 0 Å². The number of carbonyl (C=O) groups is 1. The summed E-state index contributed by atoms with van der Waals surface area (Å²) >= 11 is 2.49. The number of anilines is 1. The molecular formula is C24H22FN3O2S2. The van der Waals surface area contributed by atoms with Crippen molar-refractivity contribution in [1.82, 2.24) is 9.55 Å². The number of halogens is 1. The fraction of sp³-hybridized carbons (Fsp3) is 0.208. The minimum absolute atomic E-state index is 0.0785. The second-order valence-electron chi connectivity index (χ2n) is 7.71. The highest BCUT2D eigenvalue weighted by atomic mass is 32.2. The molecule has 0 saturated carbocycles. The molecule has 0 spiro atoms. The summed E-state index contributed by atoms with van der Waals surface area (Å²) < 4.78 is 15.6. The molecule has 164 valence electrons. The fourth-order valence-corrected chi connectivity index (χ4v) is 5.32. The minimum Gasteiger partial charge on any atom is -0.325 e. The van der Waals surface area contributed by atoms with E-state index in [1.54, 1.807) is 19.1 Å². The lowest BCUT2D eigenvalue weighted by Crippen LogP contribution is -2.23. The molecule has 2 aromatic heterocycles. The minimum atomic E-state index is -0.373.